The van der Waals surface area contributed by atoms with Gasteiger partial charge in [0.25, 0.3) is 0 Å². The summed E-state index contributed by atoms with van der Waals surface area (Å²) in [4.78, 5) is 14.1. The zero-order valence-electron chi connectivity index (χ0n) is 10.3. The first-order chi connectivity index (χ1) is 8.70. The van der Waals surface area contributed by atoms with Crippen molar-refractivity contribution in [1.82, 2.24) is 10.2 Å². The van der Waals surface area contributed by atoms with E-state index < -0.39 is 0 Å². The fraction of sp³-hybridized carbons (Fsp3) is 0.583. The van der Waals surface area contributed by atoms with Gasteiger partial charge in [-0.3, -0.25) is 9.69 Å². The van der Waals surface area contributed by atoms with E-state index in [-0.39, 0.29) is 11.9 Å². The summed E-state index contributed by atoms with van der Waals surface area (Å²) in [5, 5.41) is 3.29. The van der Waals surface area contributed by atoms with Crippen molar-refractivity contribution >= 4 is 21.9 Å². The van der Waals surface area contributed by atoms with Gasteiger partial charge >= 0.3 is 5.97 Å². The Morgan fingerprint density at radius 2 is 2.28 bits per heavy atom. The smallest absolute Gasteiger partial charge is 0.317 e. The number of carbonyl (C=O) groups excluding carboxylic acids is 1. The van der Waals surface area contributed by atoms with E-state index in [9.17, 15) is 4.79 Å². The third-order valence-electron chi connectivity index (χ3n) is 3.07. The Labute approximate surface area is 115 Å². The van der Waals surface area contributed by atoms with Crippen LogP contribution in [-0.2, 0) is 9.53 Å². The summed E-state index contributed by atoms with van der Waals surface area (Å²) < 4.78 is 11.0. The molecule has 1 saturated heterocycles. The molecule has 1 unspecified atom stereocenters. The van der Waals surface area contributed by atoms with Crippen LogP contribution in [0.25, 0.3) is 0 Å². The summed E-state index contributed by atoms with van der Waals surface area (Å²) in [5.41, 5.74) is 0. The Bertz CT molecular complexity index is 402. The van der Waals surface area contributed by atoms with Crippen LogP contribution in [0.15, 0.2) is 21.2 Å². The van der Waals surface area contributed by atoms with Crippen LogP contribution in [0.3, 0.4) is 0 Å². The van der Waals surface area contributed by atoms with Crippen molar-refractivity contribution in [3.8, 4) is 0 Å². The molecular formula is C12H17BrN2O3. The van der Waals surface area contributed by atoms with E-state index in [1.54, 1.807) is 6.07 Å². The fourth-order valence-electron chi connectivity index (χ4n) is 2.09. The highest BCUT2D eigenvalue weighted by Crippen LogP contribution is 2.24. The molecule has 2 heterocycles. The lowest BCUT2D eigenvalue weighted by Crippen LogP contribution is -2.45. The van der Waals surface area contributed by atoms with E-state index in [1.807, 2.05) is 6.07 Å². The molecule has 6 heteroatoms. The van der Waals surface area contributed by atoms with Crippen LogP contribution in [0.5, 0.6) is 0 Å². The molecule has 1 aromatic rings. The SMILES string of the molecule is COC(=O)C(CN1CCNCC1)c1ccc(Br)o1. The van der Waals surface area contributed by atoms with Gasteiger partial charge in [-0.15, -0.1) is 0 Å². The van der Waals surface area contributed by atoms with Gasteiger partial charge in [0, 0.05) is 32.7 Å². The van der Waals surface area contributed by atoms with E-state index in [1.165, 1.54) is 7.11 Å². The van der Waals surface area contributed by atoms with Crippen molar-refractivity contribution in [1.29, 1.82) is 0 Å². The molecule has 0 aromatic carbocycles. The molecule has 1 aliphatic rings. The number of carbonyl (C=O) groups is 1. The fourth-order valence-corrected chi connectivity index (χ4v) is 2.41. The third-order valence-corrected chi connectivity index (χ3v) is 3.50. The lowest BCUT2D eigenvalue weighted by atomic mass is 10.1. The van der Waals surface area contributed by atoms with Crippen molar-refractivity contribution in [3.05, 3.63) is 22.6 Å². The molecule has 1 atom stereocenters. The minimum absolute atomic E-state index is 0.254. The molecule has 0 aliphatic carbocycles. The Hall–Kier alpha value is -0.850. The second-order valence-electron chi connectivity index (χ2n) is 4.27. The predicted molar refractivity (Wildman–Crippen MR) is 70.5 cm³/mol. The summed E-state index contributed by atoms with van der Waals surface area (Å²) in [7, 11) is 1.41. The van der Waals surface area contributed by atoms with Gasteiger partial charge in [-0.25, -0.2) is 0 Å². The molecular weight excluding hydrogens is 300 g/mol. The molecule has 0 spiro atoms. The summed E-state index contributed by atoms with van der Waals surface area (Å²) >= 11 is 3.25. The second kappa shape index (κ2) is 6.36. The number of esters is 1. The number of furan rings is 1. The van der Waals surface area contributed by atoms with Crippen LogP contribution in [-0.4, -0.2) is 50.7 Å². The Balaban J connectivity index is 2.07. The monoisotopic (exact) mass is 316 g/mol. The Kier molecular flexibility index (Phi) is 4.79. The van der Waals surface area contributed by atoms with Crippen LogP contribution in [0.2, 0.25) is 0 Å². The maximum absolute atomic E-state index is 11.9. The van der Waals surface area contributed by atoms with Crippen molar-refractivity contribution < 1.29 is 13.9 Å². The van der Waals surface area contributed by atoms with Crippen molar-refractivity contribution in [2.45, 2.75) is 5.92 Å². The zero-order valence-corrected chi connectivity index (χ0v) is 11.9. The highest BCUT2D eigenvalue weighted by atomic mass is 79.9. The lowest BCUT2D eigenvalue weighted by molar-refractivity contribution is -0.143. The maximum Gasteiger partial charge on any atom is 0.317 e. The molecule has 100 valence electrons. The summed E-state index contributed by atoms with van der Waals surface area (Å²) in [6.07, 6.45) is 0. The quantitative estimate of drug-likeness (QED) is 0.846. The van der Waals surface area contributed by atoms with Gasteiger partial charge in [-0.1, -0.05) is 0 Å². The number of rotatable bonds is 4. The topological polar surface area (TPSA) is 54.7 Å². The number of ether oxygens (including phenoxy) is 1. The first-order valence-corrected chi connectivity index (χ1v) is 6.76. The standard InChI is InChI=1S/C12H17BrN2O3/c1-17-12(16)9(10-2-3-11(13)18-10)8-15-6-4-14-5-7-15/h2-3,9,14H,4-8H2,1H3. The first kappa shape index (κ1) is 13.6. The van der Waals surface area contributed by atoms with Crippen LogP contribution in [0.1, 0.15) is 11.7 Å². The van der Waals surface area contributed by atoms with Gasteiger partial charge in [0.05, 0.1) is 7.11 Å². The van der Waals surface area contributed by atoms with Gasteiger partial charge in [-0.05, 0) is 28.1 Å². The summed E-state index contributed by atoms with van der Waals surface area (Å²) in [5.74, 6) is 0.0297. The van der Waals surface area contributed by atoms with Crippen molar-refractivity contribution in [2.24, 2.45) is 0 Å². The highest BCUT2D eigenvalue weighted by molar-refractivity contribution is 9.10. The van der Waals surface area contributed by atoms with E-state index in [2.05, 4.69) is 26.1 Å². The molecule has 0 bridgehead atoms. The molecule has 18 heavy (non-hydrogen) atoms. The largest absolute Gasteiger partial charge is 0.468 e. The van der Waals surface area contributed by atoms with Gasteiger partial charge in [0.2, 0.25) is 0 Å². The van der Waals surface area contributed by atoms with Crippen molar-refractivity contribution in [3.63, 3.8) is 0 Å². The zero-order chi connectivity index (χ0) is 13.0. The van der Waals surface area contributed by atoms with E-state index in [4.69, 9.17) is 9.15 Å². The Morgan fingerprint density at radius 1 is 1.56 bits per heavy atom. The highest BCUT2D eigenvalue weighted by Gasteiger charge is 2.27. The second-order valence-corrected chi connectivity index (χ2v) is 5.05. The number of nitrogens with one attached hydrogen (secondary N) is 1. The molecule has 2 rings (SSSR count). The van der Waals surface area contributed by atoms with E-state index in [0.29, 0.717) is 17.0 Å². The molecule has 1 aromatic heterocycles. The first-order valence-electron chi connectivity index (χ1n) is 5.97. The maximum atomic E-state index is 11.9. The minimum Gasteiger partial charge on any atom is -0.468 e. The normalized spacial score (nSPS) is 18.6. The van der Waals surface area contributed by atoms with Gasteiger partial charge in [-0.2, -0.15) is 0 Å². The van der Waals surface area contributed by atoms with Crippen LogP contribution in [0, 0.1) is 0 Å². The van der Waals surface area contributed by atoms with Crippen molar-refractivity contribution in [2.75, 3.05) is 39.8 Å². The lowest BCUT2D eigenvalue weighted by Gasteiger charge is -2.29. The molecule has 0 radical (unpaired) electrons. The van der Waals surface area contributed by atoms with Gasteiger partial charge < -0.3 is 14.5 Å². The third kappa shape index (κ3) is 3.34. The average molecular weight is 317 g/mol. The van der Waals surface area contributed by atoms with E-state index in [0.717, 1.165) is 26.2 Å². The molecule has 1 N–H and O–H groups in total. The molecule has 1 fully saturated rings. The summed E-state index contributed by atoms with van der Waals surface area (Å²) in [6, 6.07) is 3.61. The van der Waals surface area contributed by atoms with E-state index >= 15 is 0 Å². The van der Waals surface area contributed by atoms with Crippen LogP contribution < -0.4 is 5.32 Å². The number of methoxy groups -OCH3 is 1. The average Bonchev–Trinajstić information content (AvgIpc) is 2.83. The summed E-state index contributed by atoms with van der Waals surface area (Å²) in [6.45, 7) is 4.42. The Morgan fingerprint density at radius 3 is 2.83 bits per heavy atom. The number of hydrogen-bond donors (Lipinski definition) is 1. The number of halogens is 1. The molecule has 1 aliphatic heterocycles. The molecule has 0 saturated carbocycles. The minimum atomic E-state index is -0.362. The number of nitrogens with zero attached hydrogens (tertiary/aromatic N) is 1. The van der Waals surface area contributed by atoms with Gasteiger partial charge in [0.1, 0.15) is 11.7 Å². The molecule has 5 nitrogen and oxygen atoms in total. The number of piperazine rings is 1. The number of hydrogen-bond acceptors (Lipinski definition) is 5. The predicted octanol–water partition coefficient (Wildman–Crippen LogP) is 1.20. The van der Waals surface area contributed by atoms with Gasteiger partial charge in [0.15, 0.2) is 4.67 Å². The van der Waals surface area contributed by atoms with Crippen LogP contribution in [0.4, 0.5) is 0 Å². The van der Waals surface area contributed by atoms with Crippen LogP contribution >= 0.6 is 15.9 Å². The molecule has 0 amide bonds.